The van der Waals surface area contributed by atoms with Gasteiger partial charge in [0.1, 0.15) is 17.7 Å². The smallest absolute Gasteiger partial charge is 0.125 e. The average molecular weight is 269 g/mol. The zero-order chi connectivity index (χ0) is 13.3. The van der Waals surface area contributed by atoms with E-state index in [1.54, 1.807) is 13.0 Å². The topological polar surface area (TPSA) is 20.2 Å². The zero-order valence-corrected chi connectivity index (χ0v) is 10.4. The summed E-state index contributed by atoms with van der Waals surface area (Å²) in [6.45, 7) is 1.72. The van der Waals surface area contributed by atoms with E-state index in [4.69, 9.17) is 11.6 Å². The average Bonchev–Trinajstić information content (AvgIpc) is 2.25. The van der Waals surface area contributed by atoms with Crippen molar-refractivity contribution in [2.24, 2.45) is 0 Å². The summed E-state index contributed by atoms with van der Waals surface area (Å²) in [6, 6.07) is 8.00. The lowest BCUT2D eigenvalue weighted by Crippen LogP contribution is -2.01. The van der Waals surface area contributed by atoms with Crippen LogP contribution in [0, 0.1) is 18.6 Å². The van der Waals surface area contributed by atoms with Crippen molar-refractivity contribution in [2.75, 3.05) is 0 Å². The minimum Gasteiger partial charge on any atom is -0.384 e. The second kappa shape index (κ2) is 5.04. The zero-order valence-electron chi connectivity index (χ0n) is 9.62. The first-order valence-electron chi connectivity index (χ1n) is 5.37. The Morgan fingerprint density at radius 2 is 1.50 bits per heavy atom. The number of hydrogen-bond acceptors (Lipinski definition) is 1. The Kier molecular flexibility index (Phi) is 3.64. The first kappa shape index (κ1) is 13.0. The maximum atomic E-state index is 13.3. The van der Waals surface area contributed by atoms with Gasteiger partial charge >= 0.3 is 0 Å². The van der Waals surface area contributed by atoms with Gasteiger partial charge in [-0.15, -0.1) is 0 Å². The molecule has 2 aromatic carbocycles. The van der Waals surface area contributed by atoms with Gasteiger partial charge in [0.25, 0.3) is 0 Å². The molecule has 0 heterocycles. The maximum Gasteiger partial charge on any atom is 0.125 e. The number of rotatable bonds is 2. The summed E-state index contributed by atoms with van der Waals surface area (Å²) >= 11 is 5.72. The van der Waals surface area contributed by atoms with Crippen molar-refractivity contribution in [2.45, 2.75) is 13.0 Å². The summed E-state index contributed by atoms with van der Waals surface area (Å²) in [6.07, 6.45) is -1.10. The standard InChI is InChI=1S/C14H11ClF2O/c1-8-2-9(5-12(16)3-8)14(18)10-4-11(15)7-13(17)6-10/h2-7,14,18H,1H3. The summed E-state index contributed by atoms with van der Waals surface area (Å²) in [5.41, 5.74) is 1.35. The van der Waals surface area contributed by atoms with Gasteiger partial charge in [0.2, 0.25) is 0 Å². The van der Waals surface area contributed by atoms with Crippen LogP contribution >= 0.6 is 11.6 Å². The predicted octanol–water partition coefficient (Wildman–Crippen LogP) is 4.01. The third kappa shape index (κ3) is 2.86. The molecule has 4 heteroatoms. The largest absolute Gasteiger partial charge is 0.384 e. The Hall–Kier alpha value is -1.45. The number of benzene rings is 2. The van der Waals surface area contributed by atoms with Crippen LogP contribution in [0.4, 0.5) is 8.78 Å². The van der Waals surface area contributed by atoms with Gasteiger partial charge in [-0.05, 0) is 53.9 Å². The summed E-state index contributed by atoms with van der Waals surface area (Å²) in [7, 11) is 0. The minimum absolute atomic E-state index is 0.192. The molecule has 0 saturated heterocycles. The molecule has 0 aliphatic heterocycles. The molecule has 1 nitrogen and oxygen atoms in total. The summed E-state index contributed by atoms with van der Waals surface area (Å²) in [5, 5.41) is 10.3. The second-order valence-electron chi connectivity index (χ2n) is 4.17. The molecule has 0 amide bonds. The van der Waals surface area contributed by atoms with Crippen molar-refractivity contribution in [3.8, 4) is 0 Å². The normalized spacial score (nSPS) is 12.5. The monoisotopic (exact) mass is 268 g/mol. The van der Waals surface area contributed by atoms with Crippen LogP contribution in [0.1, 0.15) is 22.8 Å². The van der Waals surface area contributed by atoms with E-state index in [0.29, 0.717) is 16.7 Å². The van der Waals surface area contributed by atoms with Crippen LogP contribution < -0.4 is 0 Å². The molecule has 0 fully saturated rings. The van der Waals surface area contributed by atoms with Crippen LogP contribution in [0.2, 0.25) is 5.02 Å². The highest BCUT2D eigenvalue weighted by Gasteiger charge is 2.13. The van der Waals surface area contributed by atoms with Crippen LogP contribution in [0.25, 0.3) is 0 Å². The molecule has 2 aromatic rings. The van der Waals surface area contributed by atoms with E-state index in [1.807, 2.05) is 0 Å². The third-order valence-corrected chi connectivity index (χ3v) is 2.80. The Bertz CT molecular complexity index is 492. The Morgan fingerprint density at radius 1 is 0.944 bits per heavy atom. The molecule has 1 atom stereocenters. The van der Waals surface area contributed by atoms with Gasteiger partial charge in [0, 0.05) is 5.02 Å². The fourth-order valence-electron chi connectivity index (χ4n) is 1.85. The highest BCUT2D eigenvalue weighted by molar-refractivity contribution is 6.30. The second-order valence-corrected chi connectivity index (χ2v) is 4.60. The van der Waals surface area contributed by atoms with E-state index in [1.165, 1.54) is 24.3 Å². The van der Waals surface area contributed by atoms with E-state index in [-0.39, 0.29) is 5.02 Å². The van der Waals surface area contributed by atoms with Gasteiger partial charge in [-0.25, -0.2) is 8.78 Å². The molecule has 0 aromatic heterocycles. The lowest BCUT2D eigenvalue weighted by Gasteiger charge is -2.13. The van der Waals surface area contributed by atoms with E-state index < -0.39 is 17.7 Å². The van der Waals surface area contributed by atoms with Gasteiger partial charge in [0.15, 0.2) is 0 Å². The van der Waals surface area contributed by atoms with Crippen LogP contribution in [0.3, 0.4) is 0 Å². The molecule has 94 valence electrons. The molecule has 1 N–H and O–H groups in total. The quantitative estimate of drug-likeness (QED) is 0.873. The van der Waals surface area contributed by atoms with Gasteiger partial charge in [-0.1, -0.05) is 17.7 Å². The SMILES string of the molecule is Cc1cc(F)cc(C(O)c2cc(F)cc(Cl)c2)c1. The van der Waals surface area contributed by atoms with E-state index in [0.717, 1.165) is 6.07 Å². The van der Waals surface area contributed by atoms with Crippen molar-refractivity contribution in [3.05, 3.63) is 69.7 Å². The van der Waals surface area contributed by atoms with Crippen LogP contribution in [0.15, 0.2) is 36.4 Å². The fraction of sp³-hybridized carbons (Fsp3) is 0.143. The van der Waals surface area contributed by atoms with Crippen LogP contribution in [-0.4, -0.2) is 5.11 Å². The number of halogens is 3. The lowest BCUT2D eigenvalue weighted by atomic mass is 10.00. The van der Waals surface area contributed by atoms with Crippen LogP contribution in [0.5, 0.6) is 0 Å². The van der Waals surface area contributed by atoms with E-state index in [9.17, 15) is 13.9 Å². The first-order valence-corrected chi connectivity index (χ1v) is 5.74. The van der Waals surface area contributed by atoms with Gasteiger partial charge in [0.05, 0.1) is 0 Å². The highest BCUT2D eigenvalue weighted by Crippen LogP contribution is 2.26. The maximum absolute atomic E-state index is 13.3. The van der Waals surface area contributed by atoms with Crippen molar-refractivity contribution in [1.29, 1.82) is 0 Å². The Balaban J connectivity index is 2.43. The van der Waals surface area contributed by atoms with Crippen LogP contribution in [-0.2, 0) is 0 Å². The summed E-state index contributed by atoms with van der Waals surface area (Å²) in [5.74, 6) is -0.976. The molecule has 1 unspecified atom stereocenters. The molecule has 0 spiro atoms. The molecule has 0 saturated carbocycles. The third-order valence-electron chi connectivity index (χ3n) is 2.58. The molecule has 0 aliphatic rings. The van der Waals surface area contributed by atoms with Crippen molar-refractivity contribution >= 4 is 11.6 Å². The van der Waals surface area contributed by atoms with Crippen molar-refractivity contribution in [1.82, 2.24) is 0 Å². The molecule has 18 heavy (non-hydrogen) atoms. The number of aliphatic hydroxyl groups is 1. The van der Waals surface area contributed by atoms with E-state index >= 15 is 0 Å². The molecule has 0 radical (unpaired) electrons. The molecular formula is C14H11ClF2O. The molecular weight excluding hydrogens is 258 g/mol. The molecule has 0 aliphatic carbocycles. The fourth-order valence-corrected chi connectivity index (χ4v) is 2.08. The minimum atomic E-state index is -1.10. The molecule has 0 bridgehead atoms. The first-order chi connectivity index (χ1) is 8.45. The van der Waals surface area contributed by atoms with E-state index in [2.05, 4.69) is 0 Å². The number of aryl methyl sites for hydroxylation is 1. The highest BCUT2D eigenvalue weighted by atomic mass is 35.5. The van der Waals surface area contributed by atoms with Gasteiger partial charge < -0.3 is 5.11 Å². The van der Waals surface area contributed by atoms with Gasteiger partial charge in [-0.3, -0.25) is 0 Å². The Labute approximate surface area is 109 Å². The van der Waals surface area contributed by atoms with Crippen molar-refractivity contribution in [3.63, 3.8) is 0 Å². The number of hydrogen-bond donors (Lipinski definition) is 1. The summed E-state index contributed by atoms with van der Waals surface area (Å²) in [4.78, 5) is 0. The molecule has 2 rings (SSSR count). The Morgan fingerprint density at radius 3 is 2.06 bits per heavy atom. The lowest BCUT2D eigenvalue weighted by molar-refractivity contribution is 0.219. The number of aliphatic hydroxyl groups excluding tert-OH is 1. The summed E-state index contributed by atoms with van der Waals surface area (Å²) < 4.78 is 26.4. The van der Waals surface area contributed by atoms with Gasteiger partial charge in [-0.2, -0.15) is 0 Å². The predicted molar refractivity (Wildman–Crippen MR) is 66.6 cm³/mol. The van der Waals surface area contributed by atoms with Crippen molar-refractivity contribution < 1.29 is 13.9 Å².